The highest BCUT2D eigenvalue weighted by Gasteiger charge is 2.20. The van der Waals surface area contributed by atoms with Gasteiger partial charge in [-0.3, -0.25) is 9.59 Å². The molecule has 5 nitrogen and oxygen atoms in total. The Hall–Kier alpha value is -2.80. The lowest BCUT2D eigenvalue weighted by Crippen LogP contribution is -2.09. The second-order valence-electron chi connectivity index (χ2n) is 6.52. The van der Waals surface area contributed by atoms with Crippen LogP contribution in [-0.4, -0.2) is 28.4 Å². The third kappa shape index (κ3) is 4.29. The van der Waals surface area contributed by atoms with Gasteiger partial charge in [0, 0.05) is 17.4 Å². The quantitative estimate of drug-likeness (QED) is 0.397. The van der Waals surface area contributed by atoms with E-state index < -0.39 is 11.8 Å². The summed E-state index contributed by atoms with van der Waals surface area (Å²) in [5.41, 5.74) is 1.84. The van der Waals surface area contributed by atoms with E-state index in [4.69, 9.17) is 4.74 Å². The number of esters is 1. The van der Waals surface area contributed by atoms with E-state index in [1.165, 1.54) is 0 Å². The van der Waals surface area contributed by atoms with Crippen molar-refractivity contribution in [3.63, 3.8) is 0 Å². The van der Waals surface area contributed by atoms with Crippen LogP contribution >= 0.6 is 15.9 Å². The van der Waals surface area contributed by atoms with Crippen molar-refractivity contribution in [1.82, 2.24) is 4.98 Å². The molecule has 1 heterocycles. The monoisotopic (exact) mass is 459 g/mol. The molecule has 29 heavy (non-hydrogen) atoms. The van der Waals surface area contributed by atoms with Gasteiger partial charge in [-0.2, -0.15) is 0 Å². The number of ether oxygens (including phenoxy) is 1. The molecule has 0 atom stereocenters. The highest BCUT2D eigenvalue weighted by molar-refractivity contribution is 9.10. The summed E-state index contributed by atoms with van der Waals surface area (Å²) in [7, 11) is 0. The number of fused-ring (bicyclic) bond motifs is 1. The van der Waals surface area contributed by atoms with Crippen LogP contribution in [0.2, 0.25) is 0 Å². The first-order valence-corrected chi connectivity index (χ1v) is 9.89. The lowest BCUT2D eigenvalue weighted by atomic mass is 10.0. The van der Waals surface area contributed by atoms with Crippen LogP contribution in [0, 0.1) is 12.7 Å². The topological polar surface area (TPSA) is 76.5 Å². The fourth-order valence-corrected chi connectivity index (χ4v) is 3.54. The molecule has 0 bridgehead atoms. The summed E-state index contributed by atoms with van der Waals surface area (Å²) in [6, 6.07) is 10.2. The number of pyridine rings is 1. The summed E-state index contributed by atoms with van der Waals surface area (Å²) >= 11 is 3.30. The third-order valence-electron chi connectivity index (χ3n) is 4.53. The molecule has 0 aliphatic carbocycles. The van der Waals surface area contributed by atoms with E-state index in [9.17, 15) is 19.1 Å². The van der Waals surface area contributed by atoms with E-state index in [1.54, 1.807) is 50.2 Å². The minimum absolute atomic E-state index is 0.0992. The molecule has 1 aromatic heterocycles. The number of rotatable bonds is 6. The predicted octanol–water partition coefficient (Wildman–Crippen LogP) is 5.34. The van der Waals surface area contributed by atoms with Crippen molar-refractivity contribution < 1.29 is 23.8 Å². The summed E-state index contributed by atoms with van der Waals surface area (Å²) in [6.07, 6.45) is -0.235. The summed E-state index contributed by atoms with van der Waals surface area (Å²) < 4.78 is 19.6. The van der Waals surface area contributed by atoms with Crippen LogP contribution in [0.1, 0.15) is 35.8 Å². The Kier molecular flexibility index (Phi) is 6.27. The van der Waals surface area contributed by atoms with Crippen molar-refractivity contribution in [1.29, 1.82) is 0 Å². The van der Waals surface area contributed by atoms with Crippen molar-refractivity contribution in [2.45, 2.75) is 26.7 Å². The number of carbonyl (C=O) groups is 2. The molecule has 0 aliphatic rings. The van der Waals surface area contributed by atoms with Gasteiger partial charge in [0.1, 0.15) is 11.5 Å². The molecule has 1 N–H and O–H groups in total. The molecule has 7 heteroatoms. The number of aromatic hydroxyl groups is 1. The largest absolute Gasteiger partial charge is 0.504 e. The number of halogens is 2. The number of Topliss-reactive ketones (excluding diaryl/α,β-unsaturated/α-hetero) is 1. The number of aryl methyl sites for hydroxylation is 1. The van der Waals surface area contributed by atoms with Crippen LogP contribution in [0.4, 0.5) is 4.39 Å². The Morgan fingerprint density at radius 2 is 1.97 bits per heavy atom. The molecule has 0 saturated carbocycles. The lowest BCUT2D eigenvalue weighted by Gasteiger charge is -2.11. The zero-order valence-electron chi connectivity index (χ0n) is 16.0. The Morgan fingerprint density at radius 3 is 2.69 bits per heavy atom. The van der Waals surface area contributed by atoms with Gasteiger partial charge in [-0.15, -0.1) is 0 Å². The number of hydrogen-bond donors (Lipinski definition) is 1. The van der Waals surface area contributed by atoms with E-state index in [0.717, 1.165) is 0 Å². The number of hydrogen-bond acceptors (Lipinski definition) is 5. The van der Waals surface area contributed by atoms with Crippen molar-refractivity contribution in [2.24, 2.45) is 0 Å². The molecule has 3 aromatic rings. The zero-order chi connectivity index (χ0) is 21.1. The molecule has 3 rings (SSSR count). The molecule has 0 fully saturated rings. The predicted molar refractivity (Wildman–Crippen MR) is 111 cm³/mol. The van der Waals surface area contributed by atoms with Crippen molar-refractivity contribution in [3.8, 4) is 16.9 Å². The van der Waals surface area contributed by atoms with E-state index in [1.807, 2.05) is 0 Å². The summed E-state index contributed by atoms with van der Waals surface area (Å²) in [4.78, 5) is 28.3. The maximum absolute atomic E-state index is 14.5. The number of benzene rings is 2. The molecule has 150 valence electrons. The smallest absolute Gasteiger partial charge is 0.306 e. The summed E-state index contributed by atoms with van der Waals surface area (Å²) in [5.74, 6) is -1.58. The first-order valence-electron chi connectivity index (χ1n) is 9.10. The SMILES string of the molecule is CCOC(=O)CCC(=O)c1nc2cc(-c3cccc(C)c3F)ccc2c(Br)c1O. The second kappa shape index (κ2) is 8.69. The van der Waals surface area contributed by atoms with Crippen LogP contribution < -0.4 is 0 Å². The Balaban J connectivity index is 2.02. The van der Waals surface area contributed by atoms with Crippen molar-refractivity contribution >= 4 is 38.6 Å². The Bertz CT molecular complexity index is 1110. The molecule has 0 aliphatic heterocycles. The normalized spacial score (nSPS) is 10.9. The zero-order valence-corrected chi connectivity index (χ0v) is 17.5. The Labute approximate surface area is 175 Å². The van der Waals surface area contributed by atoms with Crippen LogP contribution in [0.15, 0.2) is 40.9 Å². The minimum atomic E-state index is -0.489. The van der Waals surface area contributed by atoms with Gasteiger partial charge >= 0.3 is 5.97 Å². The minimum Gasteiger partial charge on any atom is -0.504 e. The molecule has 0 unspecified atom stereocenters. The second-order valence-corrected chi connectivity index (χ2v) is 7.31. The molecule has 0 spiro atoms. The molecule has 2 aromatic carbocycles. The maximum atomic E-state index is 14.5. The highest BCUT2D eigenvalue weighted by Crippen LogP contribution is 2.36. The lowest BCUT2D eigenvalue weighted by molar-refractivity contribution is -0.143. The molecule has 0 saturated heterocycles. The maximum Gasteiger partial charge on any atom is 0.306 e. The van der Waals surface area contributed by atoms with Gasteiger partial charge in [-0.25, -0.2) is 9.37 Å². The fourth-order valence-electron chi connectivity index (χ4n) is 3.01. The fraction of sp³-hybridized carbons (Fsp3) is 0.227. The van der Waals surface area contributed by atoms with Gasteiger partial charge in [-0.05, 0) is 47.0 Å². The van der Waals surface area contributed by atoms with E-state index >= 15 is 0 Å². The van der Waals surface area contributed by atoms with Gasteiger partial charge < -0.3 is 9.84 Å². The molecule has 0 amide bonds. The molecular weight excluding hydrogens is 441 g/mol. The third-order valence-corrected chi connectivity index (χ3v) is 5.33. The van der Waals surface area contributed by atoms with Gasteiger partial charge in [0.05, 0.1) is 23.0 Å². The van der Waals surface area contributed by atoms with Crippen molar-refractivity contribution in [3.05, 3.63) is 57.9 Å². The van der Waals surface area contributed by atoms with E-state index in [2.05, 4.69) is 20.9 Å². The van der Waals surface area contributed by atoms with Gasteiger partial charge in [0.25, 0.3) is 0 Å². The summed E-state index contributed by atoms with van der Waals surface area (Å²) in [6.45, 7) is 3.60. The standard InChI is InChI=1S/C22H19BrFNO4/c1-3-29-18(27)10-9-17(26)21-22(28)19(23)15-8-7-13(11-16(15)25-21)14-6-4-5-12(2)20(14)24/h4-8,11,28H,3,9-10H2,1-2H3. The first-order chi connectivity index (χ1) is 13.8. The average Bonchev–Trinajstić information content (AvgIpc) is 2.70. The average molecular weight is 460 g/mol. The van der Waals surface area contributed by atoms with Crippen LogP contribution in [0.5, 0.6) is 5.75 Å². The Morgan fingerprint density at radius 1 is 1.21 bits per heavy atom. The van der Waals surface area contributed by atoms with Crippen LogP contribution in [-0.2, 0) is 9.53 Å². The van der Waals surface area contributed by atoms with Crippen LogP contribution in [0.3, 0.4) is 0 Å². The van der Waals surface area contributed by atoms with Crippen LogP contribution in [0.25, 0.3) is 22.0 Å². The van der Waals surface area contributed by atoms with Gasteiger partial charge in [0.2, 0.25) is 0 Å². The molecular formula is C22H19BrFNO4. The highest BCUT2D eigenvalue weighted by atomic mass is 79.9. The molecule has 0 radical (unpaired) electrons. The number of ketones is 1. The number of aromatic nitrogens is 1. The van der Waals surface area contributed by atoms with E-state index in [-0.39, 0.29) is 36.7 Å². The van der Waals surface area contributed by atoms with E-state index in [0.29, 0.717) is 32.1 Å². The number of carbonyl (C=O) groups excluding carboxylic acids is 2. The van der Waals surface area contributed by atoms with Gasteiger partial charge in [0.15, 0.2) is 11.5 Å². The first kappa shape index (κ1) is 20.9. The number of nitrogens with zero attached hydrogens (tertiary/aromatic N) is 1. The van der Waals surface area contributed by atoms with Gasteiger partial charge in [-0.1, -0.05) is 30.3 Å². The summed E-state index contributed by atoms with van der Waals surface area (Å²) in [5, 5.41) is 11.0. The van der Waals surface area contributed by atoms with Crippen molar-refractivity contribution in [2.75, 3.05) is 6.61 Å².